The van der Waals surface area contributed by atoms with Crippen LogP contribution in [0.2, 0.25) is 0 Å². The fourth-order valence-electron chi connectivity index (χ4n) is 3.56. The van der Waals surface area contributed by atoms with Gasteiger partial charge in [0.05, 0.1) is 6.61 Å². The van der Waals surface area contributed by atoms with E-state index in [1.54, 1.807) is 0 Å². The van der Waals surface area contributed by atoms with Crippen molar-refractivity contribution in [3.63, 3.8) is 0 Å². The summed E-state index contributed by atoms with van der Waals surface area (Å²) < 4.78 is 5.83. The number of ether oxygens (including phenoxy) is 1. The van der Waals surface area contributed by atoms with Crippen molar-refractivity contribution in [2.75, 3.05) is 17.2 Å². The molecule has 2 N–H and O–H groups in total. The summed E-state index contributed by atoms with van der Waals surface area (Å²) in [5.41, 5.74) is 5.77. The Kier molecular flexibility index (Phi) is 5.35. The number of carbonyl (C=O) groups excluding carboxylic acids is 2. The van der Waals surface area contributed by atoms with E-state index >= 15 is 0 Å². The molecule has 0 atom stereocenters. The molecule has 0 aromatic heterocycles. The van der Waals surface area contributed by atoms with Crippen LogP contribution in [0.5, 0.6) is 5.75 Å². The Morgan fingerprint density at radius 1 is 1.03 bits per heavy atom. The lowest BCUT2D eigenvalue weighted by molar-refractivity contribution is -0.114. The van der Waals surface area contributed by atoms with Crippen molar-refractivity contribution in [3.8, 4) is 16.9 Å². The van der Waals surface area contributed by atoms with Crippen molar-refractivity contribution >= 4 is 34.8 Å². The molecule has 1 aliphatic heterocycles. The summed E-state index contributed by atoms with van der Waals surface area (Å²) in [7, 11) is 0. The van der Waals surface area contributed by atoms with E-state index in [0.717, 1.165) is 39.4 Å². The molecular formula is C25H22N2O3. The van der Waals surface area contributed by atoms with E-state index in [0.29, 0.717) is 12.2 Å². The Balaban J connectivity index is 1.78. The first-order chi connectivity index (χ1) is 14.5. The molecule has 0 bridgehead atoms. The van der Waals surface area contributed by atoms with E-state index in [9.17, 15) is 9.59 Å². The van der Waals surface area contributed by atoms with Gasteiger partial charge in [0, 0.05) is 35.0 Å². The maximum Gasteiger partial charge on any atom is 0.256 e. The third-order valence-electron chi connectivity index (χ3n) is 4.82. The molecule has 3 aromatic carbocycles. The summed E-state index contributed by atoms with van der Waals surface area (Å²) >= 11 is 0. The number of nitrogens with one attached hydrogen (secondary N) is 2. The van der Waals surface area contributed by atoms with Crippen molar-refractivity contribution in [2.24, 2.45) is 0 Å². The highest BCUT2D eigenvalue weighted by atomic mass is 16.5. The Labute approximate surface area is 175 Å². The Bertz CT molecular complexity index is 1160. The van der Waals surface area contributed by atoms with Gasteiger partial charge in [0.25, 0.3) is 5.91 Å². The fraction of sp³-hybridized carbons (Fsp3) is 0.120. The monoisotopic (exact) mass is 398 g/mol. The molecular weight excluding hydrogens is 376 g/mol. The van der Waals surface area contributed by atoms with E-state index in [1.807, 2.05) is 79.7 Å². The van der Waals surface area contributed by atoms with Crippen LogP contribution in [0.25, 0.3) is 22.8 Å². The van der Waals surface area contributed by atoms with Gasteiger partial charge in [0.1, 0.15) is 5.75 Å². The number of amides is 2. The van der Waals surface area contributed by atoms with Crippen molar-refractivity contribution < 1.29 is 14.3 Å². The molecule has 5 nitrogen and oxygen atoms in total. The first-order valence-corrected chi connectivity index (χ1v) is 9.82. The number of anilines is 2. The maximum atomic E-state index is 12.5. The number of hydrogen-bond acceptors (Lipinski definition) is 3. The molecule has 2 amide bonds. The second kappa shape index (κ2) is 8.25. The highest BCUT2D eigenvalue weighted by molar-refractivity contribution is 6.34. The van der Waals surface area contributed by atoms with Gasteiger partial charge >= 0.3 is 0 Å². The summed E-state index contributed by atoms with van der Waals surface area (Å²) in [6, 6.07) is 21.1. The standard InChI is InChI=1S/C25H22N2O3/c1-3-30-24-12-11-17(14-22-20-9-4-5-10-23(20)27-25(22)29)13-21(24)18-7-6-8-19(15-18)26-16(2)28/h4-15H,3H2,1-2H3,(H,26,28)(H,27,29). The van der Waals surface area contributed by atoms with Gasteiger partial charge < -0.3 is 15.4 Å². The van der Waals surface area contributed by atoms with Gasteiger partial charge in [-0.15, -0.1) is 0 Å². The summed E-state index contributed by atoms with van der Waals surface area (Å²) in [6.07, 6.45) is 1.89. The topological polar surface area (TPSA) is 67.4 Å². The Morgan fingerprint density at radius 3 is 2.67 bits per heavy atom. The number of carbonyl (C=O) groups is 2. The van der Waals surface area contributed by atoms with Crippen LogP contribution in [-0.4, -0.2) is 18.4 Å². The second-order valence-electron chi connectivity index (χ2n) is 7.01. The molecule has 3 aromatic rings. The van der Waals surface area contributed by atoms with Gasteiger partial charge in [-0.25, -0.2) is 0 Å². The van der Waals surface area contributed by atoms with Gasteiger partial charge in [-0.1, -0.05) is 36.4 Å². The quantitative estimate of drug-likeness (QED) is 0.580. The minimum Gasteiger partial charge on any atom is -0.493 e. The molecule has 5 heteroatoms. The molecule has 0 fully saturated rings. The first kappa shape index (κ1) is 19.5. The van der Waals surface area contributed by atoms with E-state index < -0.39 is 0 Å². The summed E-state index contributed by atoms with van der Waals surface area (Å²) in [5.74, 6) is 0.511. The molecule has 0 unspecified atom stereocenters. The summed E-state index contributed by atoms with van der Waals surface area (Å²) in [5, 5.41) is 5.71. The number of benzene rings is 3. The van der Waals surface area contributed by atoms with E-state index in [2.05, 4.69) is 10.6 Å². The van der Waals surface area contributed by atoms with Crippen LogP contribution in [-0.2, 0) is 9.59 Å². The molecule has 0 aliphatic carbocycles. The predicted octanol–water partition coefficient (Wildman–Crippen LogP) is 5.20. The van der Waals surface area contributed by atoms with E-state index in [4.69, 9.17) is 4.74 Å². The van der Waals surface area contributed by atoms with Crippen LogP contribution in [0, 0.1) is 0 Å². The molecule has 0 saturated heterocycles. The molecule has 150 valence electrons. The van der Waals surface area contributed by atoms with Crippen molar-refractivity contribution in [2.45, 2.75) is 13.8 Å². The molecule has 0 radical (unpaired) electrons. The lowest BCUT2D eigenvalue weighted by Crippen LogP contribution is -2.05. The summed E-state index contributed by atoms with van der Waals surface area (Å²) in [4.78, 5) is 23.9. The molecule has 0 spiro atoms. The van der Waals surface area contributed by atoms with Gasteiger partial charge in [-0.2, -0.15) is 0 Å². The smallest absolute Gasteiger partial charge is 0.256 e. The van der Waals surface area contributed by atoms with Gasteiger partial charge in [-0.3, -0.25) is 9.59 Å². The van der Waals surface area contributed by atoms with E-state index in [1.165, 1.54) is 6.92 Å². The van der Waals surface area contributed by atoms with Crippen molar-refractivity contribution in [1.82, 2.24) is 0 Å². The Morgan fingerprint density at radius 2 is 1.87 bits per heavy atom. The lowest BCUT2D eigenvalue weighted by atomic mass is 9.98. The van der Waals surface area contributed by atoms with Crippen LogP contribution in [0.4, 0.5) is 11.4 Å². The molecule has 1 heterocycles. The van der Waals surface area contributed by atoms with Crippen molar-refractivity contribution in [1.29, 1.82) is 0 Å². The molecule has 30 heavy (non-hydrogen) atoms. The minimum atomic E-state index is -0.124. The normalized spacial score (nSPS) is 13.7. The Hall–Kier alpha value is -3.86. The van der Waals surface area contributed by atoms with Crippen LogP contribution in [0.15, 0.2) is 66.7 Å². The summed E-state index contributed by atoms with van der Waals surface area (Å²) in [6.45, 7) is 3.96. The number of para-hydroxylation sites is 1. The zero-order valence-corrected chi connectivity index (χ0v) is 16.9. The lowest BCUT2D eigenvalue weighted by Gasteiger charge is -2.13. The highest BCUT2D eigenvalue weighted by Gasteiger charge is 2.23. The van der Waals surface area contributed by atoms with Crippen LogP contribution < -0.4 is 15.4 Å². The van der Waals surface area contributed by atoms with Gasteiger partial charge in [-0.05, 0) is 54.5 Å². The molecule has 4 rings (SSSR count). The fourth-order valence-corrected chi connectivity index (χ4v) is 3.56. The maximum absolute atomic E-state index is 12.5. The largest absolute Gasteiger partial charge is 0.493 e. The predicted molar refractivity (Wildman–Crippen MR) is 120 cm³/mol. The zero-order chi connectivity index (χ0) is 21.1. The third kappa shape index (κ3) is 3.96. The van der Waals surface area contributed by atoms with Crippen molar-refractivity contribution in [3.05, 3.63) is 77.9 Å². The van der Waals surface area contributed by atoms with E-state index in [-0.39, 0.29) is 11.8 Å². The van der Waals surface area contributed by atoms with Gasteiger partial charge in [0.15, 0.2) is 0 Å². The van der Waals surface area contributed by atoms with Crippen LogP contribution >= 0.6 is 0 Å². The molecule has 1 aliphatic rings. The van der Waals surface area contributed by atoms with Crippen LogP contribution in [0.3, 0.4) is 0 Å². The SMILES string of the molecule is CCOc1ccc(C=C2C(=O)Nc3ccccc32)cc1-c1cccc(NC(C)=O)c1. The third-order valence-corrected chi connectivity index (χ3v) is 4.82. The zero-order valence-electron chi connectivity index (χ0n) is 16.9. The highest BCUT2D eigenvalue weighted by Crippen LogP contribution is 2.36. The number of fused-ring (bicyclic) bond motifs is 1. The van der Waals surface area contributed by atoms with Gasteiger partial charge in [0.2, 0.25) is 5.91 Å². The average Bonchev–Trinajstić information content (AvgIpc) is 3.04. The number of rotatable bonds is 5. The number of hydrogen-bond donors (Lipinski definition) is 2. The average molecular weight is 398 g/mol. The van der Waals surface area contributed by atoms with Crippen LogP contribution in [0.1, 0.15) is 25.0 Å². The molecule has 0 saturated carbocycles. The second-order valence-corrected chi connectivity index (χ2v) is 7.01. The minimum absolute atomic E-state index is 0.112. The first-order valence-electron chi connectivity index (χ1n) is 9.82.